The van der Waals surface area contributed by atoms with Crippen LogP contribution in [0.4, 0.5) is 11.5 Å². The summed E-state index contributed by atoms with van der Waals surface area (Å²) in [5.74, 6) is 0.928. The van der Waals surface area contributed by atoms with Gasteiger partial charge in [-0.15, -0.1) is 0 Å². The van der Waals surface area contributed by atoms with Crippen LogP contribution >= 0.6 is 11.6 Å². The number of likely N-dealkylation sites (N-methyl/N-ethyl adjacent to an activating group) is 1. The second-order valence-corrected chi connectivity index (χ2v) is 4.62. The number of pyridine rings is 1. The number of rotatable bonds is 1. The molecule has 0 amide bonds. The number of halogens is 1. The van der Waals surface area contributed by atoms with Gasteiger partial charge in [0.2, 0.25) is 0 Å². The molecule has 1 fully saturated rings. The summed E-state index contributed by atoms with van der Waals surface area (Å²) >= 11 is 5.86. The van der Waals surface area contributed by atoms with Gasteiger partial charge in [0.05, 0.1) is 10.7 Å². The molecule has 1 aromatic rings. The van der Waals surface area contributed by atoms with Crippen LogP contribution in [-0.4, -0.2) is 43.1 Å². The minimum Gasteiger partial charge on any atom is -0.397 e. The lowest BCUT2D eigenvalue weighted by Gasteiger charge is -2.21. The SMILES string of the molecule is CN1CCCN(c2cc(N)c(Cl)cn2)CC1. The van der Waals surface area contributed by atoms with Gasteiger partial charge >= 0.3 is 0 Å². The number of aromatic nitrogens is 1. The largest absolute Gasteiger partial charge is 0.397 e. The maximum Gasteiger partial charge on any atom is 0.130 e. The molecule has 5 heteroatoms. The van der Waals surface area contributed by atoms with Crippen LogP contribution < -0.4 is 10.6 Å². The molecule has 1 aromatic heterocycles. The van der Waals surface area contributed by atoms with E-state index in [4.69, 9.17) is 17.3 Å². The van der Waals surface area contributed by atoms with E-state index >= 15 is 0 Å². The molecular formula is C11H17ClN4. The molecule has 0 aliphatic carbocycles. The molecule has 0 spiro atoms. The highest BCUT2D eigenvalue weighted by atomic mass is 35.5. The molecule has 2 N–H and O–H groups in total. The predicted octanol–water partition coefficient (Wildman–Crippen LogP) is 1.46. The highest BCUT2D eigenvalue weighted by Crippen LogP contribution is 2.22. The summed E-state index contributed by atoms with van der Waals surface area (Å²) in [5, 5.41) is 0.524. The molecule has 0 unspecified atom stereocenters. The molecule has 1 saturated heterocycles. The predicted molar refractivity (Wildman–Crippen MR) is 68.0 cm³/mol. The third-order valence-electron chi connectivity index (χ3n) is 2.91. The van der Waals surface area contributed by atoms with Crippen molar-refractivity contribution in [1.29, 1.82) is 0 Å². The van der Waals surface area contributed by atoms with Gasteiger partial charge in [-0.1, -0.05) is 11.6 Å². The molecule has 2 heterocycles. The lowest BCUT2D eigenvalue weighted by Crippen LogP contribution is -2.29. The van der Waals surface area contributed by atoms with Crippen molar-refractivity contribution in [2.45, 2.75) is 6.42 Å². The first kappa shape index (κ1) is 11.5. The molecule has 2 rings (SSSR count). The topological polar surface area (TPSA) is 45.4 Å². The molecule has 0 radical (unpaired) electrons. The molecular weight excluding hydrogens is 224 g/mol. The van der Waals surface area contributed by atoms with Crippen LogP contribution in [0.1, 0.15) is 6.42 Å². The van der Waals surface area contributed by atoms with Crippen molar-refractivity contribution in [1.82, 2.24) is 9.88 Å². The average molecular weight is 241 g/mol. The zero-order chi connectivity index (χ0) is 11.5. The fourth-order valence-corrected chi connectivity index (χ4v) is 1.99. The number of hydrogen-bond acceptors (Lipinski definition) is 4. The van der Waals surface area contributed by atoms with Crippen LogP contribution in [0.25, 0.3) is 0 Å². The Kier molecular flexibility index (Phi) is 3.51. The van der Waals surface area contributed by atoms with Gasteiger partial charge in [0.25, 0.3) is 0 Å². The summed E-state index contributed by atoms with van der Waals surface area (Å²) in [7, 11) is 2.15. The molecule has 1 aliphatic rings. The van der Waals surface area contributed by atoms with Gasteiger partial charge in [-0.2, -0.15) is 0 Å². The summed E-state index contributed by atoms with van der Waals surface area (Å²) in [6.07, 6.45) is 2.78. The van der Waals surface area contributed by atoms with Gasteiger partial charge in [-0.25, -0.2) is 4.98 Å². The van der Waals surface area contributed by atoms with Crippen LogP contribution in [0.15, 0.2) is 12.3 Å². The molecule has 4 nitrogen and oxygen atoms in total. The van der Waals surface area contributed by atoms with Gasteiger partial charge in [0, 0.05) is 31.9 Å². The number of hydrogen-bond donors (Lipinski definition) is 1. The smallest absolute Gasteiger partial charge is 0.130 e. The van der Waals surface area contributed by atoms with E-state index in [2.05, 4.69) is 21.8 Å². The van der Waals surface area contributed by atoms with Crippen LogP contribution in [0, 0.1) is 0 Å². The maximum atomic E-state index is 5.86. The highest BCUT2D eigenvalue weighted by molar-refractivity contribution is 6.32. The van der Waals surface area contributed by atoms with Crippen molar-refractivity contribution >= 4 is 23.1 Å². The molecule has 0 saturated carbocycles. The van der Waals surface area contributed by atoms with Gasteiger partial charge in [0.1, 0.15) is 5.82 Å². The number of nitrogens with two attached hydrogens (primary N) is 1. The summed E-state index contributed by atoms with van der Waals surface area (Å²) in [5.41, 5.74) is 6.39. The van der Waals surface area contributed by atoms with Gasteiger partial charge in [-0.3, -0.25) is 0 Å². The Hall–Kier alpha value is -1.00. The van der Waals surface area contributed by atoms with E-state index in [0.29, 0.717) is 10.7 Å². The van der Waals surface area contributed by atoms with E-state index in [1.54, 1.807) is 6.20 Å². The molecule has 88 valence electrons. The first-order chi connectivity index (χ1) is 7.66. The molecule has 0 aromatic carbocycles. The van der Waals surface area contributed by atoms with Crippen LogP contribution in [-0.2, 0) is 0 Å². The normalized spacial score (nSPS) is 18.5. The van der Waals surface area contributed by atoms with E-state index in [0.717, 1.165) is 38.4 Å². The van der Waals surface area contributed by atoms with E-state index < -0.39 is 0 Å². The van der Waals surface area contributed by atoms with E-state index in [1.807, 2.05) is 6.07 Å². The molecule has 16 heavy (non-hydrogen) atoms. The van der Waals surface area contributed by atoms with Crippen molar-refractivity contribution in [3.05, 3.63) is 17.3 Å². The van der Waals surface area contributed by atoms with Crippen LogP contribution in [0.3, 0.4) is 0 Å². The van der Waals surface area contributed by atoms with Crippen molar-refractivity contribution in [3.8, 4) is 0 Å². The van der Waals surface area contributed by atoms with Crippen molar-refractivity contribution in [2.24, 2.45) is 0 Å². The maximum absolute atomic E-state index is 5.86. The second kappa shape index (κ2) is 4.89. The van der Waals surface area contributed by atoms with E-state index in [9.17, 15) is 0 Å². The Morgan fingerprint density at radius 3 is 2.88 bits per heavy atom. The third kappa shape index (κ3) is 2.57. The first-order valence-corrected chi connectivity index (χ1v) is 5.89. The number of nitrogens with zero attached hydrogens (tertiary/aromatic N) is 3. The van der Waals surface area contributed by atoms with Crippen molar-refractivity contribution < 1.29 is 0 Å². The fraction of sp³-hybridized carbons (Fsp3) is 0.545. The third-order valence-corrected chi connectivity index (χ3v) is 3.23. The van der Waals surface area contributed by atoms with Crippen molar-refractivity contribution in [2.75, 3.05) is 43.9 Å². The Balaban J connectivity index is 2.13. The molecule has 0 bridgehead atoms. The summed E-state index contributed by atoms with van der Waals surface area (Å²) in [6, 6.07) is 1.85. The van der Waals surface area contributed by atoms with Crippen LogP contribution in [0.5, 0.6) is 0 Å². The zero-order valence-electron chi connectivity index (χ0n) is 9.49. The lowest BCUT2D eigenvalue weighted by molar-refractivity contribution is 0.360. The zero-order valence-corrected chi connectivity index (χ0v) is 10.2. The minimum atomic E-state index is 0.524. The second-order valence-electron chi connectivity index (χ2n) is 4.21. The standard InChI is InChI=1S/C11H17ClN4/c1-15-3-2-4-16(6-5-15)11-7-10(13)9(12)8-14-11/h7-8H,2-6H2,1H3,(H2,13,14). The fourth-order valence-electron chi connectivity index (χ4n) is 1.89. The first-order valence-electron chi connectivity index (χ1n) is 5.51. The monoisotopic (exact) mass is 240 g/mol. The molecule has 0 atom stereocenters. The summed E-state index contributed by atoms with van der Waals surface area (Å²) in [4.78, 5) is 8.92. The van der Waals surface area contributed by atoms with Gasteiger partial charge < -0.3 is 15.5 Å². The van der Waals surface area contributed by atoms with Gasteiger partial charge in [0.15, 0.2) is 0 Å². The molecule has 1 aliphatic heterocycles. The summed E-state index contributed by atoms with van der Waals surface area (Å²) < 4.78 is 0. The van der Waals surface area contributed by atoms with Crippen LogP contribution in [0.2, 0.25) is 5.02 Å². The highest BCUT2D eigenvalue weighted by Gasteiger charge is 2.14. The minimum absolute atomic E-state index is 0.524. The quantitative estimate of drug-likeness (QED) is 0.807. The summed E-state index contributed by atoms with van der Waals surface area (Å²) in [6.45, 7) is 4.22. The Labute approximate surface area is 101 Å². The van der Waals surface area contributed by atoms with Crippen molar-refractivity contribution in [3.63, 3.8) is 0 Å². The van der Waals surface area contributed by atoms with E-state index in [-0.39, 0.29) is 0 Å². The van der Waals surface area contributed by atoms with E-state index in [1.165, 1.54) is 0 Å². The van der Waals surface area contributed by atoms with Gasteiger partial charge in [-0.05, 0) is 20.0 Å². The Morgan fingerprint density at radius 1 is 1.31 bits per heavy atom. The average Bonchev–Trinajstić information content (AvgIpc) is 2.47. The lowest BCUT2D eigenvalue weighted by atomic mass is 10.3. The Morgan fingerprint density at radius 2 is 2.12 bits per heavy atom. The Bertz CT molecular complexity index is 369. The number of anilines is 2. The number of nitrogen functional groups attached to an aromatic ring is 1.